The molecule has 2 aromatic heterocycles. The first-order valence-corrected chi connectivity index (χ1v) is 5.84. The van der Waals surface area contributed by atoms with Crippen LogP contribution in [0.2, 0.25) is 0 Å². The van der Waals surface area contributed by atoms with Gasteiger partial charge in [0, 0.05) is 18.9 Å². The van der Waals surface area contributed by atoms with Gasteiger partial charge >= 0.3 is 6.01 Å². The second-order valence-corrected chi connectivity index (χ2v) is 4.11. The molecule has 0 bridgehead atoms. The van der Waals surface area contributed by atoms with Crippen LogP contribution in [0.5, 0.6) is 0 Å². The smallest absolute Gasteiger partial charge is 0.315 e. The Balaban J connectivity index is 1.98. The molecule has 2 N–H and O–H groups in total. The molecule has 96 valence electrons. The van der Waals surface area contributed by atoms with Crippen molar-refractivity contribution in [3.63, 3.8) is 0 Å². The fourth-order valence-corrected chi connectivity index (χ4v) is 1.46. The molecule has 0 amide bonds. The van der Waals surface area contributed by atoms with Crippen molar-refractivity contribution in [2.24, 2.45) is 0 Å². The summed E-state index contributed by atoms with van der Waals surface area (Å²) in [7, 11) is 1.85. The van der Waals surface area contributed by atoms with E-state index in [4.69, 9.17) is 4.42 Å². The summed E-state index contributed by atoms with van der Waals surface area (Å²) < 4.78 is 5.48. The molecule has 2 aromatic rings. The van der Waals surface area contributed by atoms with Crippen molar-refractivity contribution in [3.05, 3.63) is 35.5 Å². The van der Waals surface area contributed by atoms with Crippen molar-refractivity contribution in [3.8, 4) is 0 Å². The first kappa shape index (κ1) is 12.5. The third kappa shape index (κ3) is 2.84. The Morgan fingerprint density at radius 1 is 1.39 bits per heavy atom. The van der Waals surface area contributed by atoms with Crippen molar-refractivity contribution in [2.45, 2.75) is 26.4 Å². The van der Waals surface area contributed by atoms with Crippen molar-refractivity contribution in [2.75, 3.05) is 12.4 Å². The Morgan fingerprint density at radius 2 is 2.22 bits per heavy atom. The van der Waals surface area contributed by atoms with E-state index in [0.29, 0.717) is 18.5 Å². The minimum Gasteiger partial charge on any atom is -0.406 e. The van der Waals surface area contributed by atoms with E-state index in [1.165, 1.54) is 5.56 Å². The maximum absolute atomic E-state index is 5.48. The summed E-state index contributed by atoms with van der Waals surface area (Å²) in [5.74, 6) is 0.572. The Labute approximate surface area is 106 Å². The summed E-state index contributed by atoms with van der Waals surface area (Å²) in [6, 6.07) is 2.45. The summed E-state index contributed by atoms with van der Waals surface area (Å²) in [6.07, 6.45) is 3.61. The van der Waals surface area contributed by atoms with Crippen LogP contribution in [0.1, 0.15) is 30.0 Å². The number of nitrogens with one attached hydrogen (secondary N) is 2. The molecule has 0 aliphatic rings. The van der Waals surface area contributed by atoms with Crippen LogP contribution in [0.3, 0.4) is 0 Å². The number of anilines is 1. The van der Waals surface area contributed by atoms with Gasteiger partial charge in [-0.3, -0.25) is 4.98 Å². The highest BCUT2D eigenvalue weighted by Crippen LogP contribution is 2.14. The van der Waals surface area contributed by atoms with Gasteiger partial charge in [0.1, 0.15) is 0 Å². The highest BCUT2D eigenvalue weighted by Gasteiger charge is 2.11. The van der Waals surface area contributed by atoms with Gasteiger partial charge in [0.15, 0.2) is 0 Å². The first-order valence-electron chi connectivity index (χ1n) is 5.84. The molecule has 6 nitrogen and oxygen atoms in total. The summed E-state index contributed by atoms with van der Waals surface area (Å²) in [5, 5.41) is 14.0. The number of pyridine rings is 1. The maximum atomic E-state index is 5.48. The molecule has 0 aliphatic carbocycles. The second-order valence-electron chi connectivity index (χ2n) is 4.11. The van der Waals surface area contributed by atoms with E-state index < -0.39 is 0 Å². The first-order chi connectivity index (χ1) is 8.70. The topological polar surface area (TPSA) is 75.9 Å². The lowest BCUT2D eigenvalue weighted by atomic mass is 10.2. The molecule has 18 heavy (non-hydrogen) atoms. The van der Waals surface area contributed by atoms with Crippen LogP contribution in [-0.4, -0.2) is 22.2 Å². The van der Waals surface area contributed by atoms with E-state index in [9.17, 15) is 0 Å². The zero-order valence-electron chi connectivity index (χ0n) is 10.8. The minimum atomic E-state index is 0.0492. The molecule has 0 saturated heterocycles. The normalized spacial score (nSPS) is 12.4. The third-order valence-corrected chi connectivity index (χ3v) is 2.82. The van der Waals surface area contributed by atoms with Crippen LogP contribution in [0, 0.1) is 6.92 Å². The van der Waals surface area contributed by atoms with Crippen molar-refractivity contribution < 1.29 is 4.42 Å². The highest BCUT2D eigenvalue weighted by molar-refractivity contribution is 5.27. The molecular weight excluding hydrogens is 230 g/mol. The number of nitrogens with zero attached hydrogens (tertiary/aromatic N) is 3. The number of aryl methyl sites for hydroxylation is 1. The lowest BCUT2D eigenvalue weighted by Gasteiger charge is -2.05. The molecule has 0 aromatic carbocycles. The Kier molecular flexibility index (Phi) is 3.88. The van der Waals surface area contributed by atoms with Crippen LogP contribution in [0.25, 0.3) is 0 Å². The van der Waals surface area contributed by atoms with Crippen molar-refractivity contribution >= 4 is 6.01 Å². The van der Waals surface area contributed by atoms with Gasteiger partial charge < -0.3 is 15.1 Å². The number of hydrogen-bond donors (Lipinski definition) is 2. The molecule has 0 fully saturated rings. The quantitative estimate of drug-likeness (QED) is 0.837. The van der Waals surface area contributed by atoms with Crippen LogP contribution >= 0.6 is 0 Å². The molecular formula is C12H17N5O. The molecule has 0 spiro atoms. The molecule has 1 atom stereocenters. The molecule has 0 saturated carbocycles. The van der Waals surface area contributed by atoms with Crippen LogP contribution in [0.4, 0.5) is 6.01 Å². The van der Waals surface area contributed by atoms with E-state index in [1.807, 2.05) is 33.2 Å². The fraction of sp³-hybridized carbons (Fsp3) is 0.417. The van der Waals surface area contributed by atoms with Gasteiger partial charge in [-0.15, -0.1) is 5.10 Å². The highest BCUT2D eigenvalue weighted by atomic mass is 16.4. The van der Waals surface area contributed by atoms with Crippen molar-refractivity contribution in [1.82, 2.24) is 20.5 Å². The van der Waals surface area contributed by atoms with E-state index in [2.05, 4.69) is 25.8 Å². The maximum Gasteiger partial charge on any atom is 0.315 e. The lowest BCUT2D eigenvalue weighted by molar-refractivity contribution is 0.441. The average molecular weight is 247 g/mol. The summed E-state index contributed by atoms with van der Waals surface area (Å²) in [6.45, 7) is 4.62. The molecule has 0 aliphatic heterocycles. The van der Waals surface area contributed by atoms with Gasteiger partial charge in [-0.2, -0.15) is 0 Å². The lowest BCUT2D eigenvalue weighted by Crippen LogP contribution is -2.12. The van der Waals surface area contributed by atoms with E-state index in [0.717, 1.165) is 5.56 Å². The zero-order chi connectivity index (χ0) is 13.0. The predicted octanol–water partition coefficient (Wildman–Crippen LogP) is 1.67. The molecule has 6 heteroatoms. The number of aromatic nitrogens is 3. The van der Waals surface area contributed by atoms with Crippen LogP contribution in [-0.2, 0) is 6.54 Å². The van der Waals surface area contributed by atoms with Gasteiger partial charge in [0.05, 0.1) is 6.04 Å². The summed E-state index contributed by atoms with van der Waals surface area (Å²) in [4.78, 5) is 4.09. The van der Waals surface area contributed by atoms with Gasteiger partial charge in [-0.05, 0) is 38.1 Å². The van der Waals surface area contributed by atoms with E-state index in [1.54, 1.807) is 6.20 Å². The zero-order valence-corrected chi connectivity index (χ0v) is 10.8. The monoisotopic (exact) mass is 247 g/mol. The second kappa shape index (κ2) is 5.59. The van der Waals surface area contributed by atoms with Gasteiger partial charge in [0.2, 0.25) is 5.89 Å². The van der Waals surface area contributed by atoms with Crippen LogP contribution < -0.4 is 10.6 Å². The van der Waals surface area contributed by atoms with Gasteiger partial charge in [-0.25, -0.2) is 0 Å². The molecule has 0 radical (unpaired) electrons. The number of rotatable bonds is 5. The van der Waals surface area contributed by atoms with Crippen LogP contribution in [0.15, 0.2) is 22.9 Å². The Morgan fingerprint density at radius 3 is 2.94 bits per heavy atom. The molecule has 2 rings (SSSR count). The Hall–Kier alpha value is -1.95. The SMILES string of the molecule is CNC(C)c1nnc(NCc2cnccc2C)o1. The fourth-order valence-electron chi connectivity index (χ4n) is 1.46. The molecule has 2 heterocycles. The summed E-state index contributed by atoms with van der Waals surface area (Å²) >= 11 is 0. The van der Waals surface area contributed by atoms with Gasteiger partial charge in [0.25, 0.3) is 0 Å². The minimum absolute atomic E-state index is 0.0492. The standard InChI is InChI=1S/C12H17N5O/c1-8-4-5-14-6-10(8)7-15-12-17-16-11(18-12)9(2)13-3/h4-6,9,13H,7H2,1-3H3,(H,15,17). The van der Waals surface area contributed by atoms with E-state index >= 15 is 0 Å². The van der Waals surface area contributed by atoms with E-state index in [-0.39, 0.29) is 6.04 Å². The average Bonchev–Trinajstić information content (AvgIpc) is 2.86. The van der Waals surface area contributed by atoms with Crippen molar-refractivity contribution in [1.29, 1.82) is 0 Å². The van der Waals surface area contributed by atoms with Gasteiger partial charge in [-0.1, -0.05) is 5.10 Å². The largest absolute Gasteiger partial charge is 0.406 e. The third-order valence-electron chi connectivity index (χ3n) is 2.82. The summed E-state index contributed by atoms with van der Waals surface area (Å²) in [5.41, 5.74) is 2.29. The molecule has 1 unspecified atom stereocenters. The number of hydrogen-bond acceptors (Lipinski definition) is 6. The predicted molar refractivity (Wildman–Crippen MR) is 68.1 cm³/mol. The Bertz CT molecular complexity index is 511.